The predicted molar refractivity (Wildman–Crippen MR) is 138 cm³/mol. The number of esters is 1. The number of benzene rings is 1. The number of hydrogen-bond acceptors (Lipinski definition) is 6. The summed E-state index contributed by atoms with van der Waals surface area (Å²) in [7, 11) is -3.69. The molecule has 0 radical (unpaired) electrons. The molecular weight excluding hydrogens is 476 g/mol. The largest absolute Gasteiger partial charge is 0.479 e. The molecule has 0 aliphatic rings. The Kier molecular flexibility index (Phi) is 15.7. The maximum atomic E-state index is 12.7. The fourth-order valence-corrected chi connectivity index (χ4v) is 4.63. The van der Waals surface area contributed by atoms with Gasteiger partial charge in [-0.15, -0.1) is 0 Å². The summed E-state index contributed by atoms with van der Waals surface area (Å²) in [6, 6.07) is 4.36. The number of anilines is 1. The monoisotopic (exact) mass is 516 g/mol. The molecule has 0 saturated carbocycles. The molecule has 0 aliphatic carbocycles. The van der Waals surface area contributed by atoms with Crippen molar-refractivity contribution in [2.45, 2.75) is 89.9 Å². The van der Waals surface area contributed by atoms with Crippen molar-refractivity contribution in [2.75, 3.05) is 25.1 Å². The van der Waals surface area contributed by atoms with E-state index in [-0.39, 0.29) is 17.4 Å². The van der Waals surface area contributed by atoms with E-state index in [0.717, 1.165) is 25.3 Å². The first-order valence-corrected chi connectivity index (χ1v) is 14.3. The second-order valence-electron chi connectivity index (χ2n) is 8.04. The second kappa shape index (κ2) is 17.6. The Hall–Kier alpha value is -1.77. The molecule has 0 spiro atoms. The number of rotatable bonds is 19. The highest BCUT2D eigenvalue weighted by atomic mass is 35.5. The molecule has 0 atom stereocenters. The molecule has 34 heavy (non-hydrogen) atoms. The summed E-state index contributed by atoms with van der Waals surface area (Å²) in [4.78, 5) is 11.8. The number of halogens is 1. The smallest absolute Gasteiger partial charge is 0.336 e. The van der Waals surface area contributed by atoms with Crippen LogP contribution in [0.15, 0.2) is 35.1 Å². The minimum Gasteiger partial charge on any atom is -0.479 e. The van der Waals surface area contributed by atoms with Gasteiger partial charge in [-0.1, -0.05) is 76.3 Å². The summed E-state index contributed by atoms with van der Waals surface area (Å²) in [5.74, 6) is -0.452. The first kappa shape index (κ1) is 30.3. The lowest BCUT2D eigenvalue weighted by Gasteiger charge is -2.14. The lowest BCUT2D eigenvalue weighted by Crippen LogP contribution is -2.25. The van der Waals surface area contributed by atoms with E-state index in [4.69, 9.17) is 21.1 Å². The molecule has 0 unspecified atom stereocenters. The van der Waals surface area contributed by atoms with Crippen LogP contribution in [0.5, 0.6) is 0 Å². The molecule has 194 valence electrons. The third-order valence-corrected chi connectivity index (χ3v) is 6.95. The van der Waals surface area contributed by atoms with Gasteiger partial charge in [0.1, 0.15) is 0 Å². The van der Waals surface area contributed by atoms with Crippen LogP contribution in [0.25, 0.3) is 0 Å². The van der Waals surface area contributed by atoms with Crippen molar-refractivity contribution in [3.05, 3.63) is 35.2 Å². The number of ether oxygens (including phenoxy) is 2. The molecule has 1 aromatic rings. The van der Waals surface area contributed by atoms with E-state index in [0.29, 0.717) is 23.9 Å². The Balaban J connectivity index is 2.57. The number of unbranched alkanes of at least 4 members (excludes halogenated alkanes) is 9. The Bertz CT molecular complexity index is 859. The van der Waals surface area contributed by atoms with Gasteiger partial charge in [-0.25, -0.2) is 17.9 Å². The molecule has 2 N–H and O–H groups in total. The van der Waals surface area contributed by atoms with Crippen molar-refractivity contribution in [2.24, 2.45) is 0 Å². The SMILES string of the molecule is CCCCCCCCCCCCNS(=O)(=O)c1ccc(Cl)c(NC(=CC(=O)OCC)OCC)c1. The molecule has 0 saturated heterocycles. The number of nitrogens with one attached hydrogen (secondary N) is 2. The lowest BCUT2D eigenvalue weighted by molar-refractivity contribution is -0.137. The van der Waals surface area contributed by atoms with Gasteiger partial charge >= 0.3 is 5.97 Å². The van der Waals surface area contributed by atoms with Gasteiger partial charge in [-0.3, -0.25) is 0 Å². The van der Waals surface area contributed by atoms with Crippen LogP contribution < -0.4 is 10.0 Å². The maximum absolute atomic E-state index is 12.7. The van der Waals surface area contributed by atoms with Gasteiger partial charge in [-0.05, 0) is 38.5 Å². The molecule has 0 fully saturated rings. The third kappa shape index (κ3) is 12.6. The highest BCUT2D eigenvalue weighted by Gasteiger charge is 2.16. The first-order chi connectivity index (χ1) is 16.3. The minimum absolute atomic E-state index is 0.0819. The molecule has 9 heteroatoms. The molecule has 0 aliphatic heterocycles. The van der Waals surface area contributed by atoms with Crippen molar-refractivity contribution in [3.8, 4) is 0 Å². The van der Waals surface area contributed by atoms with E-state index in [1.807, 2.05) is 0 Å². The summed E-state index contributed by atoms with van der Waals surface area (Å²) >= 11 is 6.23. The van der Waals surface area contributed by atoms with Crippen molar-refractivity contribution in [1.29, 1.82) is 0 Å². The topological polar surface area (TPSA) is 93.7 Å². The highest BCUT2D eigenvalue weighted by molar-refractivity contribution is 7.89. The highest BCUT2D eigenvalue weighted by Crippen LogP contribution is 2.27. The van der Waals surface area contributed by atoms with Crippen LogP contribution in [0.4, 0.5) is 5.69 Å². The van der Waals surface area contributed by atoms with E-state index in [2.05, 4.69) is 17.0 Å². The predicted octanol–water partition coefficient (Wildman–Crippen LogP) is 6.39. The molecule has 0 amide bonds. The van der Waals surface area contributed by atoms with Crippen molar-refractivity contribution < 1.29 is 22.7 Å². The number of carbonyl (C=O) groups is 1. The fraction of sp³-hybridized carbons (Fsp3) is 0.640. The zero-order chi connectivity index (χ0) is 25.2. The normalized spacial score (nSPS) is 11.9. The van der Waals surface area contributed by atoms with E-state index < -0.39 is 16.0 Å². The van der Waals surface area contributed by atoms with Crippen LogP contribution >= 0.6 is 11.6 Å². The fourth-order valence-electron chi connectivity index (χ4n) is 3.36. The number of carbonyl (C=O) groups excluding carboxylic acids is 1. The van der Waals surface area contributed by atoms with Crippen LogP contribution in [-0.4, -0.2) is 34.1 Å². The second-order valence-corrected chi connectivity index (χ2v) is 10.2. The van der Waals surface area contributed by atoms with E-state index >= 15 is 0 Å². The molecule has 0 aromatic heterocycles. The lowest BCUT2D eigenvalue weighted by atomic mass is 10.1. The van der Waals surface area contributed by atoms with Gasteiger partial charge in [-0.2, -0.15) is 0 Å². The van der Waals surface area contributed by atoms with Gasteiger partial charge in [0.15, 0.2) is 5.88 Å². The molecule has 1 aromatic carbocycles. The van der Waals surface area contributed by atoms with E-state index in [9.17, 15) is 13.2 Å². The Morgan fingerprint density at radius 2 is 1.50 bits per heavy atom. The summed E-state index contributed by atoms with van der Waals surface area (Å²) in [5, 5.41) is 3.17. The Labute approximate surface area is 210 Å². The zero-order valence-electron chi connectivity index (χ0n) is 20.8. The van der Waals surface area contributed by atoms with E-state index in [1.165, 1.54) is 63.1 Å². The van der Waals surface area contributed by atoms with Crippen LogP contribution in [0.2, 0.25) is 5.02 Å². The molecule has 1 rings (SSSR count). The summed E-state index contributed by atoms with van der Waals surface area (Å²) in [5.41, 5.74) is 0.312. The van der Waals surface area contributed by atoms with Gasteiger partial charge in [0, 0.05) is 6.54 Å². The molecular formula is C25H41ClN2O5S. The summed E-state index contributed by atoms with van der Waals surface area (Å²) in [6.07, 6.45) is 13.1. The van der Waals surface area contributed by atoms with Crippen molar-refractivity contribution in [3.63, 3.8) is 0 Å². The van der Waals surface area contributed by atoms with Crippen molar-refractivity contribution >= 4 is 33.3 Å². The van der Waals surface area contributed by atoms with Gasteiger partial charge in [0.2, 0.25) is 10.0 Å². The van der Waals surface area contributed by atoms with Crippen LogP contribution in [0.1, 0.15) is 85.0 Å². The average Bonchev–Trinajstić information content (AvgIpc) is 2.79. The average molecular weight is 517 g/mol. The van der Waals surface area contributed by atoms with E-state index in [1.54, 1.807) is 13.8 Å². The third-order valence-electron chi connectivity index (χ3n) is 5.16. The summed E-state index contributed by atoms with van der Waals surface area (Å²) < 4.78 is 38.4. The van der Waals surface area contributed by atoms with Gasteiger partial charge < -0.3 is 14.8 Å². The quantitative estimate of drug-likeness (QED) is 0.0957. The van der Waals surface area contributed by atoms with Crippen LogP contribution in [-0.2, 0) is 24.3 Å². The van der Waals surface area contributed by atoms with Gasteiger partial charge in [0.25, 0.3) is 0 Å². The zero-order valence-corrected chi connectivity index (χ0v) is 22.4. The minimum atomic E-state index is -3.69. The standard InChI is InChI=1S/C25H41ClN2O5S/c1-4-7-8-9-10-11-12-13-14-15-18-27-34(30,31)21-16-17-22(26)23(19-21)28-24(32-5-2)20-25(29)33-6-3/h16-17,19-20,27-28H,4-15,18H2,1-3H3. The molecule has 0 bridgehead atoms. The van der Waals surface area contributed by atoms with Crippen molar-refractivity contribution in [1.82, 2.24) is 4.72 Å². The molecule has 7 nitrogen and oxygen atoms in total. The van der Waals surface area contributed by atoms with Gasteiger partial charge in [0.05, 0.1) is 34.9 Å². The first-order valence-electron chi connectivity index (χ1n) is 12.4. The Morgan fingerprint density at radius 3 is 2.09 bits per heavy atom. The Morgan fingerprint density at radius 1 is 0.912 bits per heavy atom. The number of hydrogen-bond donors (Lipinski definition) is 2. The van der Waals surface area contributed by atoms with Crippen LogP contribution in [0.3, 0.4) is 0 Å². The summed E-state index contributed by atoms with van der Waals surface area (Å²) in [6.45, 7) is 6.61. The maximum Gasteiger partial charge on any atom is 0.336 e. The number of sulfonamides is 1. The molecule has 0 heterocycles. The van der Waals surface area contributed by atoms with Crippen LogP contribution in [0, 0.1) is 0 Å².